The predicted molar refractivity (Wildman–Crippen MR) is 91.0 cm³/mol. The molecule has 0 bridgehead atoms. The SMILES string of the molecule is O=C(CC(O)c1ccc(Cl)cc1)Nc1cc(C2CCOCC2)[nH]n1. The number of aliphatic hydroxyl groups excluding tert-OH is 1. The second kappa shape index (κ2) is 7.79. The highest BCUT2D eigenvalue weighted by molar-refractivity contribution is 6.30. The zero-order valence-corrected chi connectivity index (χ0v) is 13.9. The van der Waals surface area contributed by atoms with Crippen LogP contribution in [0.2, 0.25) is 5.02 Å². The molecule has 1 unspecified atom stereocenters. The number of ether oxygens (including phenoxy) is 1. The number of carbonyl (C=O) groups excluding carboxylic acids is 1. The van der Waals surface area contributed by atoms with Gasteiger partial charge in [-0.1, -0.05) is 23.7 Å². The summed E-state index contributed by atoms with van der Waals surface area (Å²) >= 11 is 5.82. The maximum absolute atomic E-state index is 12.1. The normalized spacial score (nSPS) is 16.8. The molecule has 1 aliphatic rings. The Balaban J connectivity index is 1.54. The van der Waals surface area contributed by atoms with Crippen molar-refractivity contribution in [2.24, 2.45) is 0 Å². The highest BCUT2D eigenvalue weighted by Gasteiger charge is 2.19. The molecule has 3 rings (SSSR count). The summed E-state index contributed by atoms with van der Waals surface area (Å²) in [7, 11) is 0. The number of hydrogen-bond donors (Lipinski definition) is 3. The van der Waals surface area contributed by atoms with Crippen LogP contribution >= 0.6 is 11.6 Å². The van der Waals surface area contributed by atoms with Crippen molar-refractivity contribution in [2.45, 2.75) is 31.3 Å². The zero-order chi connectivity index (χ0) is 16.9. The number of hydrogen-bond acceptors (Lipinski definition) is 4. The molecule has 24 heavy (non-hydrogen) atoms. The number of nitrogens with one attached hydrogen (secondary N) is 2. The van der Waals surface area contributed by atoms with Gasteiger partial charge in [-0.05, 0) is 30.5 Å². The Morgan fingerprint density at radius 2 is 2.08 bits per heavy atom. The Bertz CT molecular complexity index is 681. The minimum Gasteiger partial charge on any atom is -0.388 e. The number of benzene rings is 1. The number of aromatic nitrogens is 2. The van der Waals surface area contributed by atoms with E-state index in [0.29, 0.717) is 22.3 Å². The summed E-state index contributed by atoms with van der Waals surface area (Å²) in [6, 6.07) is 8.64. The van der Waals surface area contributed by atoms with E-state index in [9.17, 15) is 9.90 Å². The third kappa shape index (κ3) is 4.35. The Labute approximate surface area is 145 Å². The van der Waals surface area contributed by atoms with Gasteiger partial charge < -0.3 is 15.2 Å². The summed E-state index contributed by atoms with van der Waals surface area (Å²) in [6.45, 7) is 1.50. The average Bonchev–Trinajstić information content (AvgIpc) is 3.04. The van der Waals surface area contributed by atoms with Gasteiger partial charge in [0.05, 0.1) is 12.5 Å². The molecule has 0 saturated carbocycles. The van der Waals surface area contributed by atoms with Crippen molar-refractivity contribution < 1.29 is 14.6 Å². The van der Waals surface area contributed by atoms with Crippen LogP contribution < -0.4 is 5.32 Å². The first-order valence-corrected chi connectivity index (χ1v) is 8.36. The molecule has 1 saturated heterocycles. The van der Waals surface area contributed by atoms with Crippen LogP contribution in [0, 0.1) is 0 Å². The fourth-order valence-electron chi connectivity index (χ4n) is 2.79. The van der Waals surface area contributed by atoms with Gasteiger partial charge in [0.2, 0.25) is 5.91 Å². The molecule has 1 amide bonds. The first-order valence-electron chi connectivity index (χ1n) is 7.98. The minimum absolute atomic E-state index is 0.0406. The van der Waals surface area contributed by atoms with Crippen molar-refractivity contribution >= 4 is 23.3 Å². The molecule has 1 fully saturated rings. The largest absolute Gasteiger partial charge is 0.388 e. The van der Waals surface area contributed by atoms with E-state index in [-0.39, 0.29) is 12.3 Å². The molecule has 0 aliphatic carbocycles. The number of rotatable bonds is 5. The Kier molecular flexibility index (Phi) is 5.50. The monoisotopic (exact) mass is 349 g/mol. The van der Waals surface area contributed by atoms with Crippen LogP contribution in [0.15, 0.2) is 30.3 Å². The fraction of sp³-hybridized carbons (Fsp3) is 0.412. The second-order valence-corrected chi connectivity index (χ2v) is 6.35. The third-order valence-corrected chi connectivity index (χ3v) is 4.41. The van der Waals surface area contributed by atoms with E-state index in [1.807, 2.05) is 6.07 Å². The quantitative estimate of drug-likeness (QED) is 0.774. The number of carbonyl (C=O) groups is 1. The van der Waals surface area contributed by atoms with Crippen LogP contribution in [-0.2, 0) is 9.53 Å². The maximum atomic E-state index is 12.1. The minimum atomic E-state index is -0.879. The molecule has 1 aliphatic heterocycles. The van der Waals surface area contributed by atoms with Crippen molar-refractivity contribution in [2.75, 3.05) is 18.5 Å². The van der Waals surface area contributed by atoms with Crippen LogP contribution in [0.1, 0.15) is 42.5 Å². The standard InChI is InChI=1S/C17H20ClN3O3/c18-13-3-1-12(2-4-13)15(22)10-17(23)19-16-9-14(20-21-16)11-5-7-24-8-6-11/h1-4,9,11,15,22H,5-8,10H2,(H2,19,20,21,23). The van der Waals surface area contributed by atoms with Crippen LogP contribution in [0.4, 0.5) is 5.82 Å². The van der Waals surface area contributed by atoms with E-state index in [1.54, 1.807) is 24.3 Å². The zero-order valence-electron chi connectivity index (χ0n) is 13.2. The molecule has 1 aromatic carbocycles. The second-order valence-electron chi connectivity index (χ2n) is 5.91. The molecular weight excluding hydrogens is 330 g/mol. The molecule has 1 atom stereocenters. The lowest BCUT2D eigenvalue weighted by molar-refractivity contribution is -0.118. The smallest absolute Gasteiger partial charge is 0.228 e. The average molecular weight is 350 g/mol. The maximum Gasteiger partial charge on any atom is 0.228 e. The van der Waals surface area contributed by atoms with E-state index < -0.39 is 6.10 Å². The molecule has 1 aromatic heterocycles. The van der Waals surface area contributed by atoms with Crippen LogP contribution in [0.5, 0.6) is 0 Å². The van der Waals surface area contributed by atoms with Gasteiger partial charge in [-0.15, -0.1) is 0 Å². The first kappa shape index (κ1) is 17.0. The summed E-state index contributed by atoms with van der Waals surface area (Å²) in [6.07, 6.45) is 0.979. The molecule has 0 radical (unpaired) electrons. The first-order chi connectivity index (χ1) is 11.6. The van der Waals surface area contributed by atoms with Gasteiger partial charge in [-0.2, -0.15) is 5.10 Å². The Hall–Kier alpha value is -1.89. The number of aromatic amines is 1. The number of aliphatic hydroxyl groups is 1. The van der Waals surface area contributed by atoms with Crippen molar-refractivity contribution in [3.05, 3.63) is 46.6 Å². The van der Waals surface area contributed by atoms with Gasteiger partial charge in [-0.3, -0.25) is 9.89 Å². The number of nitrogens with zero attached hydrogens (tertiary/aromatic N) is 1. The van der Waals surface area contributed by atoms with E-state index in [4.69, 9.17) is 16.3 Å². The third-order valence-electron chi connectivity index (χ3n) is 4.16. The van der Waals surface area contributed by atoms with Crippen molar-refractivity contribution in [1.29, 1.82) is 0 Å². The van der Waals surface area contributed by atoms with Gasteiger partial charge in [-0.25, -0.2) is 0 Å². The molecule has 7 heteroatoms. The number of anilines is 1. The predicted octanol–water partition coefficient (Wildman–Crippen LogP) is 3.02. The van der Waals surface area contributed by atoms with Crippen molar-refractivity contribution in [1.82, 2.24) is 10.2 Å². The van der Waals surface area contributed by atoms with E-state index >= 15 is 0 Å². The Morgan fingerprint density at radius 3 is 2.79 bits per heavy atom. The van der Waals surface area contributed by atoms with Crippen LogP contribution in [0.3, 0.4) is 0 Å². The lowest BCUT2D eigenvalue weighted by Gasteiger charge is -2.20. The summed E-state index contributed by atoms with van der Waals surface area (Å²) in [5, 5.41) is 20.5. The summed E-state index contributed by atoms with van der Waals surface area (Å²) < 4.78 is 5.35. The summed E-state index contributed by atoms with van der Waals surface area (Å²) in [4.78, 5) is 12.1. The fourth-order valence-corrected chi connectivity index (χ4v) is 2.92. The molecule has 0 spiro atoms. The number of halogens is 1. The van der Waals surface area contributed by atoms with Crippen molar-refractivity contribution in [3.8, 4) is 0 Å². The molecule has 2 heterocycles. The van der Waals surface area contributed by atoms with E-state index in [2.05, 4.69) is 15.5 Å². The Morgan fingerprint density at radius 1 is 1.38 bits per heavy atom. The lowest BCUT2D eigenvalue weighted by atomic mass is 9.97. The molecule has 3 N–H and O–H groups in total. The highest BCUT2D eigenvalue weighted by Crippen LogP contribution is 2.27. The van der Waals surface area contributed by atoms with Gasteiger partial charge >= 0.3 is 0 Å². The lowest BCUT2D eigenvalue weighted by Crippen LogP contribution is -2.15. The van der Waals surface area contributed by atoms with Gasteiger partial charge in [0.15, 0.2) is 5.82 Å². The van der Waals surface area contributed by atoms with Gasteiger partial charge in [0.25, 0.3) is 0 Å². The van der Waals surface area contributed by atoms with Crippen LogP contribution in [0.25, 0.3) is 0 Å². The van der Waals surface area contributed by atoms with Crippen molar-refractivity contribution in [3.63, 3.8) is 0 Å². The van der Waals surface area contributed by atoms with E-state index in [0.717, 1.165) is 31.7 Å². The van der Waals surface area contributed by atoms with E-state index in [1.165, 1.54) is 0 Å². The summed E-state index contributed by atoms with van der Waals surface area (Å²) in [5.74, 6) is 0.573. The molecular formula is C17H20ClN3O3. The highest BCUT2D eigenvalue weighted by atomic mass is 35.5. The summed E-state index contributed by atoms with van der Waals surface area (Å²) in [5.41, 5.74) is 1.66. The topological polar surface area (TPSA) is 87.2 Å². The number of H-pyrrole nitrogens is 1. The molecule has 2 aromatic rings. The van der Waals surface area contributed by atoms with Gasteiger partial charge in [0.1, 0.15) is 0 Å². The number of amides is 1. The molecule has 128 valence electrons. The van der Waals surface area contributed by atoms with Crippen LogP contribution in [-0.4, -0.2) is 34.4 Å². The molecule has 6 nitrogen and oxygen atoms in total. The van der Waals surface area contributed by atoms with Gasteiger partial charge in [0, 0.05) is 35.9 Å².